The Labute approximate surface area is 244 Å². The summed E-state index contributed by atoms with van der Waals surface area (Å²) in [7, 11) is 0. The predicted molar refractivity (Wildman–Crippen MR) is 168 cm³/mol. The van der Waals surface area contributed by atoms with Gasteiger partial charge in [-0.2, -0.15) is 5.10 Å². The topological polar surface area (TPSA) is 105 Å². The fraction of sp³-hybridized carbons (Fsp3) is 0.531. The Morgan fingerprint density at radius 1 is 1.05 bits per heavy atom. The van der Waals surface area contributed by atoms with Crippen LogP contribution in [0.15, 0.2) is 30.7 Å². The van der Waals surface area contributed by atoms with E-state index in [-0.39, 0.29) is 0 Å². The third-order valence-electron chi connectivity index (χ3n) is 9.28. The predicted octanol–water partition coefficient (Wildman–Crippen LogP) is 3.96. The molecule has 0 bridgehead atoms. The zero-order valence-electron chi connectivity index (χ0n) is 24.9. The molecule has 0 saturated carbocycles. The van der Waals surface area contributed by atoms with Gasteiger partial charge in [-0.25, -0.2) is 0 Å². The molecule has 5 N–H and O–H groups in total. The molecule has 220 valence electrons. The van der Waals surface area contributed by atoms with Gasteiger partial charge in [-0.15, -0.1) is 0 Å². The molecular formula is C32H46N8O. The second-order valence-electron chi connectivity index (χ2n) is 12.2. The minimum atomic E-state index is 0.441. The third kappa shape index (κ3) is 5.89. The van der Waals surface area contributed by atoms with Crippen molar-refractivity contribution in [3.63, 3.8) is 0 Å². The number of nitrogen functional groups attached to an aromatic ring is 1. The van der Waals surface area contributed by atoms with Crippen molar-refractivity contribution in [2.24, 2.45) is 11.7 Å². The highest BCUT2D eigenvalue weighted by Gasteiger charge is 2.26. The van der Waals surface area contributed by atoms with Crippen molar-refractivity contribution in [3.8, 4) is 11.1 Å². The Bertz CT molecular complexity index is 1350. The number of nitrogens with one attached hydrogen (secondary N) is 1. The van der Waals surface area contributed by atoms with Crippen molar-refractivity contribution in [1.29, 1.82) is 0 Å². The third-order valence-corrected chi connectivity index (χ3v) is 9.28. The lowest BCUT2D eigenvalue weighted by Crippen LogP contribution is -2.50. The minimum absolute atomic E-state index is 0.441. The number of nitrogens with two attached hydrogens (primary N) is 2. The fourth-order valence-electron chi connectivity index (χ4n) is 6.79. The quantitative estimate of drug-likeness (QED) is 0.384. The SMILES string of the molecule is CCN1CCC(n2cc(-c3c[nH]c(N)c3/C=C(\N)c3cc(C)c(N4CCN(CC5COC5)CC4)c(C)c3)cn2)CC1. The van der Waals surface area contributed by atoms with Crippen molar-refractivity contribution in [3.05, 3.63) is 53.0 Å². The number of aromatic nitrogens is 3. The van der Waals surface area contributed by atoms with E-state index in [9.17, 15) is 0 Å². The number of rotatable bonds is 8. The van der Waals surface area contributed by atoms with E-state index in [1.165, 1.54) is 16.8 Å². The van der Waals surface area contributed by atoms with Crippen molar-refractivity contribution in [2.45, 2.75) is 39.7 Å². The van der Waals surface area contributed by atoms with Gasteiger partial charge in [-0.05, 0) is 68.1 Å². The maximum absolute atomic E-state index is 6.74. The summed E-state index contributed by atoms with van der Waals surface area (Å²) in [6, 6.07) is 4.88. The minimum Gasteiger partial charge on any atom is -0.398 e. The molecule has 0 unspecified atom stereocenters. The molecule has 3 fully saturated rings. The lowest BCUT2D eigenvalue weighted by Gasteiger charge is -2.40. The average molecular weight is 559 g/mol. The molecule has 3 aromatic rings. The number of anilines is 2. The molecule has 5 heterocycles. The molecule has 0 spiro atoms. The first kappa shape index (κ1) is 27.9. The molecule has 9 heteroatoms. The van der Waals surface area contributed by atoms with E-state index in [1.807, 2.05) is 18.5 Å². The second kappa shape index (κ2) is 11.9. The summed E-state index contributed by atoms with van der Waals surface area (Å²) in [6.07, 6.45) is 10.3. The standard InChI is InChI=1S/C32H46N8O/c1-4-37-7-5-27(6-8-37)40-19-26(16-36-40)29-17-35-32(34)28(29)15-30(33)25-13-22(2)31(23(3)14-25)39-11-9-38(10-12-39)18-24-20-41-21-24/h13-17,19,24,27,35H,4-12,18,20-21,33-34H2,1-3H3/b30-15-. The van der Waals surface area contributed by atoms with E-state index in [2.05, 4.69) is 63.5 Å². The molecule has 0 atom stereocenters. The van der Waals surface area contributed by atoms with Crippen molar-refractivity contribution < 1.29 is 4.74 Å². The molecule has 0 radical (unpaired) electrons. The van der Waals surface area contributed by atoms with Crippen molar-refractivity contribution in [2.75, 3.05) is 76.2 Å². The van der Waals surface area contributed by atoms with Gasteiger partial charge in [0.15, 0.2) is 0 Å². The van der Waals surface area contributed by atoms with E-state index >= 15 is 0 Å². The lowest BCUT2D eigenvalue weighted by atomic mass is 9.99. The summed E-state index contributed by atoms with van der Waals surface area (Å²) in [5.74, 6) is 1.33. The van der Waals surface area contributed by atoms with Crippen LogP contribution < -0.4 is 16.4 Å². The Morgan fingerprint density at radius 2 is 1.76 bits per heavy atom. The summed E-state index contributed by atoms with van der Waals surface area (Å²) in [6.45, 7) is 17.3. The van der Waals surface area contributed by atoms with Gasteiger partial charge in [0.1, 0.15) is 5.82 Å². The highest BCUT2D eigenvalue weighted by atomic mass is 16.5. The number of aryl methyl sites for hydroxylation is 2. The number of piperazine rings is 1. The molecule has 3 aliphatic rings. The van der Waals surface area contributed by atoms with Crippen LogP contribution in [0.3, 0.4) is 0 Å². The van der Waals surface area contributed by atoms with Crippen molar-refractivity contribution >= 4 is 23.3 Å². The van der Waals surface area contributed by atoms with Crippen LogP contribution in [0.2, 0.25) is 0 Å². The Hall–Kier alpha value is -3.27. The zero-order chi connectivity index (χ0) is 28.5. The highest BCUT2D eigenvalue weighted by molar-refractivity contribution is 5.90. The summed E-state index contributed by atoms with van der Waals surface area (Å²) in [5.41, 5.74) is 21.7. The zero-order valence-corrected chi connectivity index (χ0v) is 24.9. The molecule has 41 heavy (non-hydrogen) atoms. The average Bonchev–Trinajstić information content (AvgIpc) is 3.58. The van der Waals surface area contributed by atoms with E-state index in [1.54, 1.807) is 0 Å². The van der Waals surface area contributed by atoms with Gasteiger partial charge in [-0.1, -0.05) is 6.92 Å². The van der Waals surface area contributed by atoms with Crippen LogP contribution in [0.25, 0.3) is 22.9 Å². The van der Waals surface area contributed by atoms with Crippen LogP contribution in [0, 0.1) is 19.8 Å². The molecule has 3 aliphatic heterocycles. The van der Waals surface area contributed by atoms with Gasteiger partial charge in [0, 0.05) is 92.2 Å². The van der Waals surface area contributed by atoms with Crippen LogP contribution in [0.4, 0.5) is 11.5 Å². The fourth-order valence-corrected chi connectivity index (χ4v) is 6.79. The number of H-pyrrole nitrogens is 1. The Balaban J connectivity index is 1.17. The van der Waals surface area contributed by atoms with E-state index < -0.39 is 0 Å². The van der Waals surface area contributed by atoms with Gasteiger partial charge in [-0.3, -0.25) is 9.58 Å². The summed E-state index contributed by atoms with van der Waals surface area (Å²) in [5, 5.41) is 4.74. The maximum Gasteiger partial charge on any atom is 0.108 e. The van der Waals surface area contributed by atoms with Gasteiger partial charge < -0.3 is 31.0 Å². The van der Waals surface area contributed by atoms with Crippen LogP contribution in [0.5, 0.6) is 0 Å². The van der Waals surface area contributed by atoms with Crippen LogP contribution >= 0.6 is 0 Å². The first-order valence-corrected chi connectivity index (χ1v) is 15.3. The van der Waals surface area contributed by atoms with Crippen LogP contribution in [0.1, 0.15) is 48.1 Å². The monoisotopic (exact) mass is 558 g/mol. The van der Waals surface area contributed by atoms with Gasteiger partial charge >= 0.3 is 0 Å². The normalized spacial score (nSPS) is 20.1. The number of hydrogen-bond acceptors (Lipinski definition) is 7. The summed E-state index contributed by atoms with van der Waals surface area (Å²) >= 11 is 0. The lowest BCUT2D eigenvalue weighted by molar-refractivity contribution is -0.0469. The van der Waals surface area contributed by atoms with Crippen LogP contribution in [-0.2, 0) is 4.74 Å². The first-order valence-electron chi connectivity index (χ1n) is 15.3. The summed E-state index contributed by atoms with van der Waals surface area (Å²) < 4.78 is 7.50. The van der Waals surface area contributed by atoms with E-state index in [0.717, 1.165) is 101 Å². The summed E-state index contributed by atoms with van der Waals surface area (Å²) in [4.78, 5) is 10.8. The molecule has 0 amide bonds. The number of likely N-dealkylation sites (tertiary alicyclic amines) is 1. The van der Waals surface area contributed by atoms with E-state index in [0.29, 0.717) is 23.5 Å². The van der Waals surface area contributed by atoms with E-state index in [4.69, 9.17) is 21.3 Å². The molecule has 6 rings (SSSR count). The molecule has 3 saturated heterocycles. The molecule has 1 aromatic carbocycles. The number of piperidine rings is 1. The maximum atomic E-state index is 6.74. The molecule has 2 aromatic heterocycles. The highest BCUT2D eigenvalue weighted by Crippen LogP contribution is 2.34. The van der Waals surface area contributed by atoms with Gasteiger partial charge in [0.2, 0.25) is 0 Å². The molecule has 9 nitrogen and oxygen atoms in total. The molecular weight excluding hydrogens is 512 g/mol. The van der Waals surface area contributed by atoms with Crippen LogP contribution in [-0.4, -0.2) is 90.1 Å². The number of benzene rings is 1. The number of nitrogens with zero attached hydrogens (tertiary/aromatic N) is 5. The van der Waals surface area contributed by atoms with Gasteiger partial charge in [0.25, 0.3) is 0 Å². The number of ether oxygens (including phenoxy) is 1. The molecule has 0 aliphatic carbocycles. The number of aromatic amines is 1. The van der Waals surface area contributed by atoms with Crippen molar-refractivity contribution in [1.82, 2.24) is 24.6 Å². The van der Waals surface area contributed by atoms with Gasteiger partial charge in [0.05, 0.1) is 25.5 Å². The Morgan fingerprint density at radius 3 is 2.39 bits per heavy atom. The first-order chi connectivity index (χ1) is 19.9. The largest absolute Gasteiger partial charge is 0.398 e. The smallest absolute Gasteiger partial charge is 0.108 e. The second-order valence-corrected chi connectivity index (χ2v) is 12.2. The Kier molecular flexibility index (Phi) is 8.10. The number of hydrogen-bond donors (Lipinski definition) is 3.